The van der Waals surface area contributed by atoms with Crippen molar-refractivity contribution in [3.05, 3.63) is 78.1 Å². The number of ether oxygens (including phenoxy) is 2. The van der Waals surface area contributed by atoms with Crippen LogP contribution in [0.5, 0.6) is 0 Å². The highest BCUT2D eigenvalue weighted by Crippen LogP contribution is 2.31. The molecule has 0 spiro atoms. The minimum Gasteiger partial charge on any atom is -0.466 e. The lowest BCUT2D eigenvalue weighted by molar-refractivity contribution is -0.166. The molecule has 0 aliphatic carbocycles. The first kappa shape index (κ1) is 25.2. The topological polar surface area (TPSA) is 90.3 Å². The smallest absolute Gasteiger partial charge is 0.410 e. The largest absolute Gasteiger partial charge is 0.466 e. The molecule has 2 aromatic carbocycles. The molecule has 0 fully saturated rings. The molecule has 0 N–H and O–H groups in total. The molecule has 1 aliphatic rings. The number of fused-ring (bicyclic) bond motifs is 1. The zero-order chi connectivity index (χ0) is 25.8. The molecule has 0 saturated heterocycles. The Balaban J connectivity index is 1.58. The van der Waals surface area contributed by atoms with Gasteiger partial charge < -0.3 is 14.3 Å². The Morgan fingerprint density at radius 1 is 1.03 bits per heavy atom. The van der Waals surface area contributed by atoms with Crippen LogP contribution in [0.4, 0.5) is 4.79 Å². The van der Waals surface area contributed by atoms with Crippen LogP contribution in [-0.4, -0.2) is 52.5 Å². The molecular formula is C28H31N3O5. The van der Waals surface area contributed by atoms with Crippen molar-refractivity contribution in [3.63, 3.8) is 0 Å². The van der Waals surface area contributed by atoms with Crippen LogP contribution < -0.4 is 0 Å². The molecule has 4 rings (SSSR count). The van der Waals surface area contributed by atoms with Gasteiger partial charge in [-0.05, 0) is 37.8 Å². The number of hydrogen-bond acceptors (Lipinski definition) is 7. The van der Waals surface area contributed by atoms with E-state index in [9.17, 15) is 9.59 Å². The van der Waals surface area contributed by atoms with E-state index in [1.54, 1.807) is 6.20 Å². The zero-order valence-electron chi connectivity index (χ0n) is 21.1. The van der Waals surface area contributed by atoms with E-state index in [1.807, 2.05) is 81.4 Å². The average molecular weight is 490 g/mol. The Labute approximate surface area is 210 Å². The summed E-state index contributed by atoms with van der Waals surface area (Å²) < 4.78 is 10.8. The summed E-state index contributed by atoms with van der Waals surface area (Å²) in [6.07, 6.45) is 1.71. The van der Waals surface area contributed by atoms with Crippen molar-refractivity contribution in [1.82, 2.24) is 9.88 Å². The maximum Gasteiger partial charge on any atom is 0.410 e. The predicted molar refractivity (Wildman–Crippen MR) is 136 cm³/mol. The number of pyridine rings is 1. The van der Waals surface area contributed by atoms with Gasteiger partial charge in [0.05, 0.1) is 31.6 Å². The molecule has 0 saturated carbocycles. The number of oxime groups is 1. The molecule has 1 aromatic heterocycles. The summed E-state index contributed by atoms with van der Waals surface area (Å²) in [5.41, 5.74) is 0.231. The summed E-state index contributed by atoms with van der Waals surface area (Å²) in [5.74, 6) is -0.510. The van der Waals surface area contributed by atoms with Gasteiger partial charge in [-0.2, -0.15) is 0 Å². The van der Waals surface area contributed by atoms with Gasteiger partial charge >= 0.3 is 12.1 Å². The van der Waals surface area contributed by atoms with Gasteiger partial charge in [0.2, 0.25) is 5.60 Å². The van der Waals surface area contributed by atoms with Gasteiger partial charge in [0, 0.05) is 24.4 Å². The molecule has 36 heavy (non-hydrogen) atoms. The van der Waals surface area contributed by atoms with Gasteiger partial charge in [-0.25, -0.2) is 9.59 Å². The number of amides is 1. The van der Waals surface area contributed by atoms with Gasteiger partial charge in [-0.1, -0.05) is 59.8 Å². The van der Waals surface area contributed by atoms with Crippen molar-refractivity contribution >= 4 is 28.5 Å². The summed E-state index contributed by atoms with van der Waals surface area (Å²) in [7, 11) is 1.33. The van der Waals surface area contributed by atoms with Crippen molar-refractivity contribution in [3.8, 4) is 0 Å². The number of rotatable bonds is 7. The Morgan fingerprint density at radius 2 is 1.75 bits per heavy atom. The number of carbonyl (C=O) groups excluding carboxylic acids is 2. The Hall–Kier alpha value is -3.94. The molecular weight excluding hydrogens is 458 g/mol. The van der Waals surface area contributed by atoms with Crippen LogP contribution in [0.25, 0.3) is 10.8 Å². The van der Waals surface area contributed by atoms with Crippen molar-refractivity contribution < 1.29 is 23.9 Å². The molecule has 0 bridgehead atoms. The van der Waals surface area contributed by atoms with Crippen LogP contribution in [0.3, 0.4) is 0 Å². The number of hydrogen-bond donors (Lipinski definition) is 0. The normalized spacial score (nSPS) is 17.3. The number of benzene rings is 2. The summed E-state index contributed by atoms with van der Waals surface area (Å²) in [4.78, 5) is 37.8. The first-order chi connectivity index (χ1) is 17.2. The van der Waals surface area contributed by atoms with Gasteiger partial charge in [0.1, 0.15) is 5.60 Å². The second kappa shape index (κ2) is 10.4. The minimum absolute atomic E-state index is 0.118. The second-order valence-electron chi connectivity index (χ2n) is 9.89. The number of methoxy groups -OCH3 is 1. The van der Waals surface area contributed by atoms with Crippen LogP contribution in [0, 0.1) is 0 Å². The molecule has 8 nitrogen and oxygen atoms in total. The van der Waals surface area contributed by atoms with E-state index in [4.69, 9.17) is 14.3 Å². The first-order valence-corrected chi connectivity index (χ1v) is 11.9. The van der Waals surface area contributed by atoms with E-state index in [0.29, 0.717) is 12.1 Å². The van der Waals surface area contributed by atoms with E-state index < -0.39 is 23.3 Å². The van der Waals surface area contributed by atoms with Crippen LogP contribution in [0.15, 0.2) is 72.0 Å². The van der Waals surface area contributed by atoms with Crippen molar-refractivity contribution in [2.24, 2.45) is 5.16 Å². The van der Waals surface area contributed by atoms with Crippen LogP contribution in [0.2, 0.25) is 0 Å². The minimum atomic E-state index is -1.29. The van der Waals surface area contributed by atoms with E-state index in [-0.39, 0.29) is 19.5 Å². The SMILES string of the molecule is COC(=O)C1(Cc2ccccc2)CC(CN(Cc2nccc3ccccc23)C(=O)OC(C)(C)C)=NO1. The molecule has 2 heterocycles. The lowest BCUT2D eigenvalue weighted by Gasteiger charge is -2.28. The third-order valence-corrected chi connectivity index (χ3v) is 5.85. The van der Waals surface area contributed by atoms with Crippen LogP contribution in [-0.2, 0) is 32.1 Å². The molecule has 3 aromatic rings. The average Bonchev–Trinajstić information content (AvgIpc) is 3.26. The van der Waals surface area contributed by atoms with E-state index in [1.165, 1.54) is 12.0 Å². The standard InChI is InChI=1S/C28H31N3O5/c1-27(2,3)35-26(33)31(19-24-23-13-9-8-12-21(23)14-15-29-24)18-22-17-28(36-30-22,25(32)34-4)16-20-10-6-5-7-11-20/h5-15H,16-19H2,1-4H3. The van der Waals surface area contributed by atoms with E-state index in [2.05, 4.69) is 10.1 Å². The number of esters is 1. The quantitative estimate of drug-likeness (QED) is 0.439. The van der Waals surface area contributed by atoms with Gasteiger partial charge in [0.25, 0.3) is 0 Å². The van der Waals surface area contributed by atoms with Crippen molar-refractivity contribution in [1.29, 1.82) is 0 Å². The predicted octanol–water partition coefficient (Wildman–Crippen LogP) is 4.90. The van der Waals surface area contributed by atoms with E-state index in [0.717, 1.165) is 22.0 Å². The fraction of sp³-hybridized carbons (Fsp3) is 0.357. The summed E-state index contributed by atoms with van der Waals surface area (Å²) in [6, 6.07) is 19.4. The van der Waals surface area contributed by atoms with Gasteiger partial charge in [-0.3, -0.25) is 9.88 Å². The third kappa shape index (κ3) is 5.82. The van der Waals surface area contributed by atoms with Crippen LogP contribution >= 0.6 is 0 Å². The molecule has 188 valence electrons. The molecule has 1 amide bonds. The monoisotopic (exact) mass is 489 g/mol. The van der Waals surface area contributed by atoms with Crippen LogP contribution in [0.1, 0.15) is 38.4 Å². The summed E-state index contributed by atoms with van der Waals surface area (Å²) in [5, 5.41) is 6.20. The highest BCUT2D eigenvalue weighted by molar-refractivity contribution is 5.96. The number of nitrogens with zero attached hydrogens (tertiary/aromatic N) is 3. The van der Waals surface area contributed by atoms with Gasteiger partial charge in [-0.15, -0.1) is 0 Å². The van der Waals surface area contributed by atoms with Gasteiger partial charge in [0.15, 0.2) is 0 Å². The highest BCUT2D eigenvalue weighted by Gasteiger charge is 2.48. The number of aromatic nitrogens is 1. The Morgan fingerprint density at radius 3 is 2.47 bits per heavy atom. The first-order valence-electron chi connectivity index (χ1n) is 11.9. The number of carbonyl (C=O) groups is 2. The molecule has 0 radical (unpaired) electrons. The molecule has 1 atom stereocenters. The Kier molecular flexibility index (Phi) is 7.24. The van der Waals surface area contributed by atoms with Crippen molar-refractivity contribution in [2.45, 2.75) is 51.4 Å². The lowest BCUT2D eigenvalue weighted by Crippen LogP contribution is -2.44. The van der Waals surface area contributed by atoms with E-state index >= 15 is 0 Å². The fourth-order valence-corrected chi connectivity index (χ4v) is 4.24. The lowest BCUT2D eigenvalue weighted by atomic mass is 9.89. The van der Waals surface area contributed by atoms with Crippen molar-refractivity contribution in [2.75, 3.05) is 13.7 Å². The Bertz CT molecular complexity index is 1260. The zero-order valence-corrected chi connectivity index (χ0v) is 21.1. The maximum absolute atomic E-state index is 13.2. The molecule has 1 unspecified atom stereocenters. The highest BCUT2D eigenvalue weighted by atomic mass is 16.7. The molecule has 8 heteroatoms. The fourth-order valence-electron chi connectivity index (χ4n) is 4.24. The summed E-state index contributed by atoms with van der Waals surface area (Å²) >= 11 is 0. The summed E-state index contributed by atoms with van der Waals surface area (Å²) in [6.45, 7) is 5.78. The molecule has 1 aliphatic heterocycles. The maximum atomic E-state index is 13.2. The third-order valence-electron chi connectivity index (χ3n) is 5.85. The second-order valence-corrected chi connectivity index (χ2v) is 9.89.